The minimum atomic E-state index is 0. The number of pyridine rings is 1. The second-order valence-electron chi connectivity index (χ2n) is 7.46. The van der Waals surface area contributed by atoms with Crippen LogP contribution < -0.4 is 10.2 Å². The molecule has 7 nitrogen and oxygen atoms in total. The van der Waals surface area contributed by atoms with Gasteiger partial charge in [-0.3, -0.25) is 4.99 Å². The van der Waals surface area contributed by atoms with Crippen molar-refractivity contribution in [3.05, 3.63) is 23.9 Å². The number of anilines is 1. The summed E-state index contributed by atoms with van der Waals surface area (Å²) in [5.41, 5.74) is 1.17. The predicted octanol–water partition coefficient (Wildman–Crippen LogP) is 1.89. The van der Waals surface area contributed by atoms with Crippen molar-refractivity contribution in [3.8, 4) is 0 Å². The van der Waals surface area contributed by atoms with Gasteiger partial charge in [-0.2, -0.15) is 0 Å². The molecule has 158 valence electrons. The molecule has 2 aliphatic rings. The van der Waals surface area contributed by atoms with E-state index in [4.69, 9.17) is 4.74 Å². The van der Waals surface area contributed by atoms with Crippen LogP contribution in [0.25, 0.3) is 0 Å². The van der Waals surface area contributed by atoms with Crippen LogP contribution in [0.4, 0.5) is 5.82 Å². The minimum Gasteiger partial charge on any atom is -0.381 e. The molecular formula is C20H35IN6O. The molecule has 0 bridgehead atoms. The van der Waals surface area contributed by atoms with E-state index in [0.717, 1.165) is 77.2 Å². The van der Waals surface area contributed by atoms with Gasteiger partial charge in [0.25, 0.3) is 0 Å². The molecule has 1 unspecified atom stereocenters. The van der Waals surface area contributed by atoms with Gasteiger partial charge >= 0.3 is 0 Å². The summed E-state index contributed by atoms with van der Waals surface area (Å²) in [7, 11) is 3.92. The summed E-state index contributed by atoms with van der Waals surface area (Å²) in [6.45, 7) is 11.2. The Morgan fingerprint density at radius 2 is 2.11 bits per heavy atom. The molecule has 2 aliphatic heterocycles. The van der Waals surface area contributed by atoms with E-state index in [-0.39, 0.29) is 24.0 Å². The molecule has 0 aromatic carbocycles. The normalized spacial score (nSPS) is 20.8. The average Bonchev–Trinajstić information content (AvgIpc) is 3.22. The lowest BCUT2D eigenvalue weighted by molar-refractivity contribution is 0.181. The van der Waals surface area contributed by atoms with Gasteiger partial charge in [-0.1, -0.05) is 13.0 Å². The largest absolute Gasteiger partial charge is 0.381 e. The topological polar surface area (TPSA) is 56.2 Å². The highest BCUT2D eigenvalue weighted by Crippen LogP contribution is 2.15. The van der Waals surface area contributed by atoms with Gasteiger partial charge in [0.2, 0.25) is 0 Å². The Morgan fingerprint density at radius 3 is 2.68 bits per heavy atom. The Labute approximate surface area is 186 Å². The molecule has 0 radical (unpaired) electrons. The number of rotatable bonds is 6. The standard InChI is InChI=1S/C20H34N6O.HI/c1-4-25-8-10-26(11-9-25)19-6-5-17(13-22-19)14-23-20(21-2)24(3)15-18-7-12-27-16-18;/h5-6,13,18H,4,7-12,14-16H2,1-3H3,(H,21,23);1H. The van der Waals surface area contributed by atoms with Crippen molar-refractivity contribution in [1.82, 2.24) is 20.1 Å². The van der Waals surface area contributed by atoms with Gasteiger partial charge in [0.1, 0.15) is 5.82 Å². The predicted molar refractivity (Wildman–Crippen MR) is 126 cm³/mol. The van der Waals surface area contributed by atoms with Crippen molar-refractivity contribution in [1.29, 1.82) is 0 Å². The van der Waals surface area contributed by atoms with Crippen LogP contribution >= 0.6 is 24.0 Å². The van der Waals surface area contributed by atoms with Crippen molar-refractivity contribution in [2.45, 2.75) is 19.9 Å². The Morgan fingerprint density at radius 1 is 1.32 bits per heavy atom. The fraction of sp³-hybridized carbons (Fsp3) is 0.700. The van der Waals surface area contributed by atoms with E-state index in [1.165, 1.54) is 5.56 Å². The zero-order valence-corrected chi connectivity index (χ0v) is 19.8. The number of ether oxygens (including phenoxy) is 1. The van der Waals surface area contributed by atoms with Crippen LogP contribution in [0.1, 0.15) is 18.9 Å². The molecule has 3 heterocycles. The van der Waals surface area contributed by atoms with E-state index < -0.39 is 0 Å². The first-order chi connectivity index (χ1) is 13.2. The summed E-state index contributed by atoms with van der Waals surface area (Å²) in [6, 6.07) is 4.31. The number of aliphatic imine (C=N–C) groups is 1. The van der Waals surface area contributed by atoms with Crippen LogP contribution in [0.2, 0.25) is 0 Å². The smallest absolute Gasteiger partial charge is 0.193 e. The van der Waals surface area contributed by atoms with Gasteiger partial charge in [0.05, 0.1) is 6.61 Å². The summed E-state index contributed by atoms with van der Waals surface area (Å²) in [4.78, 5) is 16.1. The second-order valence-corrected chi connectivity index (χ2v) is 7.46. The molecule has 1 atom stereocenters. The lowest BCUT2D eigenvalue weighted by atomic mass is 10.1. The molecule has 0 saturated carbocycles. The summed E-state index contributed by atoms with van der Waals surface area (Å²) in [5.74, 6) is 2.60. The Balaban J connectivity index is 0.00000280. The fourth-order valence-corrected chi connectivity index (χ4v) is 3.77. The molecule has 2 fully saturated rings. The maximum atomic E-state index is 5.47. The Kier molecular flexibility index (Phi) is 9.73. The van der Waals surface area contributed by atoms with Gasteiger partial charge in [-0.15, -0.1) is 24.0 Å². The minimum absolute atomic E-state index is 0. The molecule has 1 N–H and O–H groups in total. The second kappa shape index (κ2) is 11.8. The highest BCUT2D eigenvalue weighted by atomic mass is 127. The summed E-state index contributed by atoms with van der Waals surface area (Å²) >= 11 is 0. The highest BCUT2D eigenvalue weighted by molar-refractivity contribution is 14.0. The number of hydrogen-bond acceptors (Lipinski definition) is 5. The number of piperazine rings is 1. The third kappa shape index (κ3) is 6.45. The van der Waals surface area contributed by atoms with Crippen LogP contribution in [0.5, 0.6) is 0 Å². The van der Waals surface area contributed by atoms with E-state index in [1.807, 2.05) is 13.2 Å². The van der Waals surface area contributed by atoms with Crippen molar-refractivity contribution < 1.29 is 4.74 Å². The first-order valence-electron chi connectivity index (χ1n) is 10.1. The van der Waals surface area contributed by atoms with E-state index in [1.54, 1.807) is 0 Å². The first-order valence-corrected chi connectivity index (χ1v) is 10.1. The van der Waals surface area contributed by atoms with Gasteiger partial charge in [0.15, 0.2) is 5.96 Å². The summed E-state index contributed by atoms with van der Waals surface area (Å²) in [6.07, 6.45) is 3.12. The SMILES string of the molecule is CCN1CCN(c2ccc(CNC(=NC)N(C)CC3CCOC3)cn2)CC1.I. The molecule has 1 aromatic rings. The summed E-state index contributed by atoms with van der Waals surface area (Å²) in [5, 5.41) is 3.45. The molecule has 3 rings (SSSR count). The van der Waals surface area contributed by atoms with E-state index >= 15 is 0 Å². The van der Waals surface area contributed by atoms with Gasteiger partial charge < -0.3 is 24.8 Å². The fourth-order valence-electron chi connectivity index (χ4n) is 3.77. The highest BCUT2D eigenvalue weighted by Gasteiger charge is 2.19. The number of guanidine groups is 1. The number of halogens is 1. The lowest BCUT2D eigenvalue weighted by Crippen LogP contribution is -2.46. The van der Waals surface area contributed by atoms with E-state index in [0.29, 0.717) is 5.92 Å². The molecule has 1 aromatic heterocycles. The van der Waals surface area contributed by atoms with Crippen LogP contribution in [0.3, 0.4) is 0 Å². The van der Waals surface area contributed by atoms with Gasteiger partial charge in [-0.05, 0) is 24.6 Å². The number of likely N-dealkylation sites (N-methyl/N-ethyl adjacent to an activating group) is 1. The Bertz CT molecular complexity index is 597. The van der Waals surface area contributed by atoms with Crippen molar-refractivity contribution in [2.75, 3.05) is 71.5 Å². The van der Waals surface area contributed by atoms with Crippen molar-refractivity contribution in [3.63, 3.8) is 0 Å². The number of hydrogen-bond donors (Lipinski definition) is 1. The number of aromatic nitrogens is 1. The van der Waals surface area contributed by atoms with E-state index in [9.17, 15) is 0 Å². The summed E-state index contributed by atoms with van der Waals surface area (Å²) < 4.78 is 5.47. The third-order valence-corrected chi connectivity index (χ3v) is 5.53. The van der Waals surface area contributed by atoms with Crippen molar-refractivity contribution in [2.24, 2.45) is 10.9 Å². The van der Waals surface area contributed by atoms with Crippen LogP contribution in [-0.4, -0.2) is 87.3 Å². The van der Waals surface area contributed by atoms with E-state index in [2.05, 4.69) is 56.1 Å². The molecule has 0 amide bonds. The number of nitrogens with zero attached hydrogens (tertiary/aromatic N) is 5. The molecule has 2 saturated heterocycles. The zero-order chi connectivity index (χ0) is 19.1. The quantitative estimate of drug-likeness (QED) is 0.365. The molecule has 0 spiro atoms. The lowest BCUT2D eigenvalue weighted by Gasteiger charge is -2.34. The third-order valence-electron chi connectivity index (χ3n) is 5.53. The Hall–Kier alpha value is -1.13. The van der Waals surface area contributed by atoms with Crippen molar-refractivity contribution >= 4 is 35.8 Å². The number of nitrogens with one attached hydrogen (secondary N) is 1. The first kappa shape index (κ1) is 23.2. The van der Waals surface area contributed by atoms with Gasteiger partial charge in [0, 0.05) is 72.1 Å². The van der Waals surface area contributed by atoms with Crippen LogP contribution in [-0.2, 0) is 11.3 Å². The molecular weight excluding hydrogens is 467 g/mol. The maximum absolute atomic E-state index is 5.47. The molecule has 28 heavy (non-hydrogen) atoms. The monoisotopic (exact) mass is 502 g/mol. The molecule has 0 aliphatic carbocycles. The molecule has 8 heteroatoms. The van der Waals surface area contributed by atoms with Gasteiger partial charge in [-0.25, -0.2) is 4.98 Å². The zero-order valence-electron chi connectivity index (χ0n) is 17.4. The van der Waals surface area contributed by atoms with Crippen LogP contribution in [0.15, 0.2) is 23.3 Å². The van der Waals surface area contributed by atoms with Crippen LogP contribution in [0, 0.1) is 5.92 Å². The maximum Gasteiger partial charge on any atom is 0.193 e. The average molecular weight is 502 g/mol.